The van der Waals surface area contributed by atoms with Gasteiger partial charge in [-0.15, -0.1) is 0 Å². The lowest BCUT2D eigenvalue weighted by Crippen LogP contribution is -2.64. The standard InChI is InChI=1S/C28H38N6O6/c1-5-15(3)21-26(38)31-16(4)22(34-28(40)23-20(35)10-8-12-30-23)27(39)32-19(13-17-9-7-11-29-14-17)24(36)18(6-2)25(37)33-21/h7-12,14-16,18-19,21-22,24,35-36H,5-6,13H2,1-4H3,(H,31,38)(H,32,39)(H,33,37)(H,34,40)/t15?,16-,18-,19+,21?,22+,24+/m1/s1. The van der Waals surface area contributed by atoms with Crippen molar-refractivity contribution in [1.29, 1.82) is 0 Å². The smallest absolute Gasteiger partial charge is 0.274 e. The van der Waals surface area contributed by atoms with E-state index in [1.807, 2.05) is 13.8 Å². The molecule has 0 spiro atoms. The topological polar surface area (TPSA) is 183 Å². The Morgan fingerprint density at radius 2 is 1.77 bits per heavy atom. The highest BCUT2D eigenvalue weighted by Crippen LogP contribution is 2.20. The summed E-state index contributed by atoms with van der Waals surface area (Å²) in [5.41, 5.74) is 0.426. The van der Waals surface area contributed by atoms with E-state index in [9.17, 15) is 29.4 Å². The highest BCUT2D eigenvalue weighted by Gasteiger charge is 2.40. The number of hydrogen-bond acceptors (Lipinski definition) is 8. The quantitative estimate of drug-likeness (QED) is 0.285. The van der Waals surface area contributed by atoms with E-state index in [-0.39, 0.29) is 30.2 Å². The molecule has 2 aromatic heterocycles. The van der Waals surface area contributed by atoms with Gasteiger partial charge in [0, 0.05) is 18.6 Å². The van der Waals surface area contributed by atoms with Gasteiger partial charge in [0.05, 0.1) is 24.1 Å². The summed E-state index contributed by atoms with van der Waals surface area (Å²) in [7, 11) is 0. The SMILES string of the molecule is CCC(C)C1NC(=O)[C@H](CC)[C@H](O)[C@H](Cc2cccnc2)NC(=O)[C@@H](NC(=O)c2ncccc2O)[C@@H](C)NC1=O. The van der Waals surface area contributed by atoms with E-state index < -0.39 is 59.8 Å². The summed E-state index contributed by atoms with van der Waals surface area (Å²) in [5.74, 6) is -4.11. The number of aromatic nitrogens is 2. The third-order valence-corrected chi connectivity index (χ3v) is 7.34. The van der Waals surface area contributed by atoms with Gasteiger partial charge in [-0.05, 0) is 49.4 Å². The molecule has 0 bridgehead atoms. The molecule has 2 unspecified atom stereocenters. The highest BCUT2D eigenvalue weighted by atomic mass is 16.3. The Labute approximate surface area is 233 Å². The molecular weight excluding hydrogens is 516 g/mol. The number of carbonyl (C=O) groups excluding carboxylic acids is 4. The Balaban J connectivity index is 2.03. The van der Waals surface area contributed by atoms with Gasteiger partial charge in [0.1, 0.15) is 17.8 Å². The maximum atomic E-state index is 13.7. The third kappa shape index (κ3) is 7.32. The lowest BCUT2D eigenvalue weighted by molar-refractivity contribution is -0.137. The minimum absolute atomic E-state index is 0.155. The zero-order valence-corrected chi connectivity index (χ0v) is 23.1. The van der Waals surface area contributed by atoms with Gasteiger partial charge in [-0.1, -0.05) is 33.3 Å². The van der Waals surface area contributed by atoms with Crippen LogP contribution in [0.4, 0.5) is 0 Å². The molecule has 0 radical (unpaired) electrons. The summed E-state index contributed by atoms with van der Waals surface area (Å²) in [6.07, 6.45) is 4.18. The molecule has 0 aliphatic carbocycles. The molecule has 6 N–H and O–H groups in total. The van der Waals surface area contributed by atoms with E-state index in [1.54, 1.807) is 38.4 Å². The summed E-state index contributed by atoms with van der Waals surface area (Å²) in [6.45, 7) is 6.99. The van der Waals surface area contributed by atoms with Gasteiger partial charge in [0.25, 0.3) is 5.91 Å². The van der Waals surface area contributed by atoms with Gasteiger partial charge in [0.2, 0.25) is 17.7 Å². The van der Waals surface area contributed by atoms with Crippen LogP contribution in [-0.4, -0.2) is 74.1 Å². The molecule has 3 heterocycles. The number of aromatic hydroxyl groups is 1. The van der Waals surface area contributed by atoms with Crippen LogP contribution in [0.3, 0.4) is 0 Å². The minimum Gasteiger partial charge on any atom is -0.505 e. The van der Waals surface area contributed by atoms with E-state index in [0.29, 0.717) is 12.0 Å². The number of carbonyl (C=O) groups is 4. The zero-order chi connectivity index (χ0) is 29.4. The summed E-state index contributed by atoms with van der Waals surface area (Å²) < 4.78 is 0. The molecule has 4 amide bonds. The first-order chi connectivity index (χ1) is 19.1. The second-order valence-corrected chi connectivity index (χ2v) is 10.2. The second kappa shape index (κ2) is 13.8. The van der Waals surface area contributed by atoms with Crippen LogP contribution in [0.25, 0.3) is 0 Å². The van der Waals surface area contributed by atoms with Crippen LogP contribution in [0.5, 0.6) is 5.75 Å². The number of aliphatic hydroxyl groups excluding tert-OH is 1. The fourth-order valence-electron chi connectivity index (χ4n) is 4.72. The van der Waals surface area contributed by atoms with E-state index in [0.717, 1.165) is 0 Å². The van der Waals surface area contributed by atoms with Gasteiger partial charge < -0.3 is 31.5 Å². The largest absolute Gasteiger partial charge is 0.505 e. The molecular formula is C28H38N6O6. The van der Waals surface area contributed by atoms with E-state index in [4.69, 9.17) is 0 Å². The maximum Gasteiger partial charge on any atom is 0.274 e. The van der Waals surface area contributed by atoms with Crippen LogP contribution < -0.4 is 21.3 Å². The molecule has 2 aromatic rings. The third-order valence-electron chi connectivity index (χ3n) is 7.34. The molecule has 216 valence electrons. The monoisotopic (exact) mass is 554 g/mol. The van der Waals surface area contributed by atoms with Gasteiger partial charge in [-0.3, -0.25) is 24.2 Å². The van der Waals surface area contributed by atoms with Crippen molar-refractivity contribution in [3.63, 3.8) is 0 Å². The number of rotatable bonds is 7. The van der Waals surface area contributed by atoms with Crippen molar-refractivity contribution in [1.82, 2.24) is 31.2 Å². The molecule has 1 aliphatic heterocycles. The molecule has 1 fully saturated rings. The summed E-state index contributed by atoms with van der Waals surface area (Å²) >= 11 is 0. The van der Waals surface area contributed by atoms with Crippen molar-refractivity contribution < 1.29 is 29.4 Å². The Morgan fingerprint density at radius 1 is 1.05 bits per heavy atom. The number of hydrogen-bond donors (Lipinski definition) is 6. The summed E-state index contributed by atoms with van der Waals surface area (Å²) in [4.78, 5) is 61.4. The van der Waals surface area contributed by atoms with Crippen molar-refractivity contribution >= 4 is 23.6 Å². The van der Waals surface area contributed by atoms with Gasteiger partial charge in [0.15, 0.2) is 5.69 Å². The molecule has 0 saturated carbocycles. The van der Waals surface area contributed by atoms with Gasteiger partial charge in [-0.25, -0.2) is 4.98 Å². The second-order valence-electron chi connectivity index (χ2n) is 10.2. The van der Waals surface area contributed by atoms with E-state index in [1.165, 1.54) is 18.3 Å². The number of pyridine rings is 2. The first-order valence-electron chi connectivity index (χ1n) is 13.5. The van der Waals surface area contributed by atoms with Crippen molar-refractivity contribution in [2.45, 2.75) is 77.2 Å². The first-order valence-corrected chi connectivity index (χ1v) is 13.5. The van der Waals surface area contributed by atoms with Crippen molar-refractivity contribution in [2.24, 2.45) is 11.8 Å². The van der Waals surface area contributed by atoms with Crippen LogP contribution in [0.15, 0.2) is 42.9 Å². The van der Waals surface area contributed by atoms with Gasteiger partial charge in [-0.2, -0.15) is 0 Å². The molecule has 12 nitrogen and oxygen atoms in total. The molecule has 40 heavy (non-hydrogen) atoms. The molecule has 3 rings (SSSR count). The van der Waals surface area contributed by atoms with Crippen molar-refractivity contribution in [2.75, 3.05) is 0 Å². The number of aliphatic hydroxyl groups is 1. The van der Waals surface area contributed by atoms with Gasteiger partial charge >= 0.3 is 0 Å². The molecule has 0 aromatic carbocycles. The fraction of sp³-hybridized carbons (Fsp3) is 0.500. The highest BCUT2D eigenvalue weighted by molar-refractivity contribution is 5.98. The molecule has 1 saturated heterocycles. The molecule has 12 heteroatoms. The Kier molecular flexibility index (Phi) is 10.5. The average molecular weight is 555 g/mol. The Bertz CT molecular complexity index is 1190. The van der Waals surface area contributed by atoms with E-state index in [2.05, 4.69) is 31.2 Å². The van der Waals surface area contributed by atoms with Crippen LogP contribution in [0.1, 0.15) is 56.6 Å². The predicted octanol–water partition coefficient (Wildman–Crippen LogP) is 0.444. The number of nitrogens with one attached hydrogen (secondary N) is 4. The lowest BCUT2D eigenvalue weighted by Gasteiger charge is -2.35. The maximum absolute atomic E-state index is 13.7. The van der Waals surface area contributed by atoms with Crippen LogP contribution in [0.2, 0.25) is 0 Å². The number of nitrogens with zero attached hydrogens (tertiary/aromatic N) is 2. The molecule has 7 atom stereocenters. The van der Waals surface area contributed by atoms with Crippen LogP contribution in [-0.2, 0) is 20.8 Å². The zero-order valence-electron chi connectivity index (χ0n) is 23.1. The normalized spacial score (nSPS) is 26.8. The van der Waals surface area contributed by atoms with E-state index >= 15 is 0 Å². The average Bonchev–Trinajstić information content (AvgIpc) is 2.94. The predicted molar refractivity (Wildman–Crippen MR) is 146 cm³/mol. The fourth-order valence-corrected chi connectivity index (χ4v) is 4.72. The molecule has 1 aliphatic rings. The lowest BCUT2D eigenvalue weighted by atomic mass is 9.88. The first kappa shape index (κ1) is 30.5. The Morgan fingerprint density at radius 3 is 2.40 bits per heavy atom. The summed E-state index contributed by atoms with van der Waals surface area (Å²) in [5, 5.41) is 32.5. The minimum atomic E-state index is -1.32. The van der Waals surface area contributed by atoms with Crippen LogP contribution in [0, 0.1) is 11.8 Å². The van der Waals surface area contributed by atoms with Crippen molar-refractivity contribution in [3.05, 3.63) is 54.1 Å². The number of amides is 4. The Hall–Kier alpha value is -4.06. The van der Waals surface area contributed by atoms with Crippen LogP contribution >= 0.6 is 0 Å². The van der Waals surface area contributed by atoms with Crippen molar-refractivity contribution in [3.8, 4) is 5.75 Å². The summed E-state index contributed by atoms with van der Waals surface area (Å²) in [6, 6.07) is 2.13.